The van der Waals surface area contributed by atoms with Crippen LogP contribution in [0, 0.1) is 0 Å². The Morgan fingerprint density at radius 1 is 1.32 bits per heavy atom. The van der Waals surface area contributed by atoms with Gasteiger partial charge in [-0.3, -0.25) is 4.79 Å². The lowest BCUT2D eigenvalue weighted by molar-refractivity contribution is -0.136. The van der Waals surface area contributed by atoms with E-state index in [1.165, 1.54) is 11.3 Å². The Labute approximate surface area is 159 Å². The smallest absolute Gasteiger partial charge is 0.307 e. The second-order valence-corrected chi connectivity index (χ2v) is 10.7. The Morgan fingerprint density at radius 2 is 2.12 bits per heavy atom. The maximum atomic E-state index is 12.8. The first-order valence-electron chi connectivity index (χ1n) is 7.92. The van der Waals surface area contributed by atoms with Crippen LogP contribution in [0.3, 0.4) is 0 Å². The molecule has 5 nitrogen and oxygen atoms in total. The van der Waals surface area contributed by atoms with Gasteiger partial charge in [-0.25, -0.2) is 8.42 Å². The van der Waals surface area contributed by atoms with Crippen molar-refractivity contribution < 1.29 is 18.3 Å². The zero-order chi connectivity index (χ0) is 18.0. The van der Waals surface area contributed by atoms with Crippen LogP contribution in [-0.4, -0.2) is 36.9 Å². The summed E-state index contributed by atoms with van der Waals surface area (Å²) in [7, 11) is -3.48. The number of hydrogen-bond donors (Lipinski definition) is 1. The summed E-state index contributed by atoms with van der Waals surface area (Å²) >= 11 is 4.53. The molecule has 0 radical (unpaired) electrons. The van der Waals surface area contributed by atoms with Crippen molar-refractivity contribution in [3.63, 3.8) is 0 Å². The molecule has 1 unspecified atom stereocenters. The van der Waals surface area contributed by atoms with Gasteiger partial charge in [0.15, 0.2) is 0 Å². The van der Waals surface area contributed by atoms with Gasteiger partial charge >= 0.3 is 5.97 Å². The van der Waals surface area contributed by atoms with E-state index in [4.69, 9.17) is 5.11 Å². The molecule has 1 N–H and O–H groups in total. The van der Waals surface area contributed by atoms with E-state index in [1.807, 2.05) is 18.2 Å². The quantitative estimate of drug-likeness (QED) is 0.763. The van der Waals surface area contributed by atoms with Gasteiger partial charge in [-0.1, -0.05) is 24.3 Å². The van der Waals surface area contributed by atoms with Crippen LogP contribution in [0.4, 0.5) is 0 Å². The number of aliphatic carboxylic acids is 1. The molecule has 3 rings (SSSR count). The molecule has 2 heterocycles. The highest BCUT2D eigenvalue weighted by Gasteiger charge is 2.31. The molecular formula is C17H18BrNO4S2. The number of sulfonamides is 1. The third-order valence-corrected chi connectivity index (χ3v) is 8.26. The molecule has 0 aliphatic carbocycles. The lowest BCUT2D eigenvalue weighted by Gasteiger charge is -2.32. The zero-order valence-electron chi connectivity index (χ0n) is 13.4. The number of piperidine rings is 1. The van der Waals surface area contributed by atoms with Crippen molar-refractivity contribution in [2.45, 2.75) is 29.4 Å². The summed E-state index contributed by atoms with van der Waals surface area (Å²) in [4.78, 5) is 10.9. The van der Waals surface area contributed by atoms with E-state index in [-0.39, 0.29) is 12.3 Å². The molecule has 134 valence electrons. The molecule has 25 heavy (non-hydrogen) atoms. The van der Waals surface area contributed by atoms with Crippen molar-refractivity contribution in [2.24, 2.45) is 0 Å². The van der Waals surface area contributed by atoms with Gasteiger partial charge in [0.25, 0.3) is 10.0 Å². The molecular weight excluding hydrogens is 426 g/mol. The van der Waals surface area contributed by atoms with E-state index in [0.717, 1.165) is 27.8 Å². The van der Waals surface area contributed by atoms with E-state index in [2.05, 4.69) is 15.9 Å². The summed E-state index contributed by atoms with van der Waals surface area (Å²) in [6.07, 6.45) is 1.67. The topological polar surface area (TPSA) is 74.7 Å². The van der Waals surface area contributed by atoms with Crippen LogP contribution in [-0.2, 0) is 21.2 Å². The third-order valence-electron chi connectivity index (χ3n) is 4.30. The summed E-state index contributed by atoms with van der Waals surface area (Å²) < 4.78 is 28.3. The monoisotopic (exact) mass is 443 g/mol. The molecule has 0 spiro atoms. The number of rotatable bonds is 5. The minimum absolute atomic E-state index is 0.0220. The minimum atomic E-state index is -3.48. The number of halogens is 1. The van der Waals surface area contributed by atoms with Gasteiger partial charge in [-0.2, -0.15) is 4.31 Å². The van der Waals surface area contributed by atoms with Gasteiger partial charge in [0.05, 0.1) is 10.2 Å². The van der Waals surface area contributed by atoms with Crippen LogP contribution >= 0.6 is 27.3 Å². The zero-order valence-corrected chi connectivity index (χ0v) is 16.6. The summed E-state index contributed by atoms with van der Waals surface area (Å²) in [6.45, 7) is 0.942. The van der Waals surface area contributed by atoms with Gasteiger partial charge in [0.1, 0.15) is 4.21 Å². The number of carboxylic acids is 1. The van der Waals surface area contributed by atoms with Gasteiger partial charge < -0.3 is 5.11 Å². The Morgan fingerprint density at radius 3 is 2.80 bits per heavy atom. The fourth-order valence-electron chi connectivity index (χ4n) is 3.13. The average Bonchev–Trinajstić information content (AvgIpc) is 3.02. The van der Waals surface area contributed by atoms with Gasteiger partial charge in [-0.05, 0) is 57.9 Å². The molecule has 1 aliphatic heterocycles. The van der Waals surface area contributed by atoms with Crippen molar-refractivity contribution in [1.82, 2.24) is 4.31 Å². The summed E-state index contributed by atoms with van der Waals surface area (Å²) in [5, 5.41) is 8.95. The molecule has 1 aromatic carbocycles. The molecule has 1 aliphatic rings. The molecule has 1 saturated heterocycles. The number of nitrogens with zero attached hydrogens (tertiary/aromatic N) is 1. The van der Waals surface area contributed by atoms with Gasteiger partial charge in [0.2, 0.25) is 0 Å². The van der Waals surface area contributed by atoms with Crippen LogP contribution in [0.1, 0.15) is 29.9 Å². The molecule has 1 aromatic heterocycles. The maximum Gasteiger partial charge on any atom is 0.307 e. The van der Waals surface area contributed by atoms with Crippen LogP contribution in [0.5, 0.6) is 0 Å². The summed E-state index contributed by atoms with van der Waals surface area (Å²) in [5.41, 5.74) is 1.75. The molecule has 2 aromatic rings. The van der Waals surface area contributed by atoms with E-state index in [1.54, 1.807) is 22.5 Å². The summed E-state index contributed by atoms with van der Waals surface area (Å²) in [6, 6.07) is 10.8. The highest BCUT2D eigenvalue weighted by molar-refractivity contribution is 9.11. The standard InChI is InChI=1S/C17H18BrNO4S2/c18-15-6-7-17(24-15)25(22,23)19-8-2-5-14(11-19)13-4-1-3-12(9-13)10-16(20)21/h1,3-4,6-7,9,14H,2,5,8,10-11H2,(H,20,21). The van der Waals surface area contributed by atoms with Crippen LogP contribution in [0.25, 0.3) is 0 Å². The second kappa shape index (κ2) is 7.57. The number of carbonyl (C=O) groups is 1. The maximum absolute atomic E-state index is 12.8. The number of carboxylic acid groups (broad SMARTS) is 1. The number of benzene rings is 1. The minimum Gasteiger partial charge on any atom is -0.481 e. The van der Waals surface area contributed by atoms with Gasteiger partial charge in [0, 0.05) is 13.1 Å². The third kappa shape index (κ3) is 4.31. The SMILES string of the molecule is O=C(O)Cc1cccc(C2CCCN(S(=O)(=O)c3ccc(Br)s3)C2)c1. The molecule has 1 atom stereocenters. The predicted molar refractivity (Wildman–Crippen MR) is 101 cm³/mol. The fraction of sp³-hybridized carbons (Fsp3) is 0.353. The molecule has 0 saturated carbocycles. The van der Waals surface area contributed by atoms with E-state index in [0.29, 0.717) is 17.3 Å². The fourth-order valence-corrected chi connectivity index (χ4v) is 6.82. The molecule has 0 bridgehead atoms. The number of hydrogen-bond acceptors (Lipinski definition) is 4. The Kier molecular flexibility index (Phi) is 5.62. The first kappa shape index (κ1) is 18.6. The van der Waals surface area contributed by atoms with Crippen molar-refractivity contribution >= 4 is 43.3 Å². The first-order valence-corrected chi connectivity index (χ1v) is 11.0. The van der Waals surface area contributed by atoms with E-state index in [9.17, 15) is 13.2 Å². The highest BCUT2D eigenvalue weighted by atomic mass is 79.9. The van der Waals surface area contributed by atoms with E-state index >= 15 is 0 Å². The lowest BCUT2D eigenvalue weighted by atomic mass is 9.90. The molecule has 8 heteroatoms. The summed E-state index contributed by atoms with van der Waals surface area (Å²) in [5.74, 6) is -0.783. The predicted octanol–water partition coefficient (Wildman–Crippen LogP) is 3.71. The van der Waals surface area contributed by atoms with Crippen molar-refractivity contribution in [2.75, 3.05) is 13.1 Å². The van der Waals surface area contributed by atoms with Crippen molar-refractivity contribution in [3.05, 3.63) is 51.3 Å². The van der Waals surface area contributed by atoms with Crippen molar-refractivity contribution in [1.29, 1.82) is 0 Å². The van der Waals surface area contributed by atoms with Crippen LogP contribution < -0.4 is 0 Å². The average molecular weight is 444 g/mol. The van der Waals surface area contributed by atoms with Crippen LogP contribution in [0.15, 0.2) is 44.4 Å². The lowest BCUT2D eigenvalue weighted by Crippen LogP contribution is -2.38. The number of thiophene rings is 1. The highest BCUT2D eigenvalue weighted by Crippen LogP contribution is 2.33. The van der Waals surface area contributed by atoms with E-state index < -0.39 is 16.0 Å². The van der Waals surface area contributed by atoms with Crippen molar-refractivity contribution in [3.8, 4) is 0 Å². The largest absolute Gasteiger partial charge is 0.481 e. The molecule has 0 amide bonds. The first-order chi connectivity index (χ1) is 11.9. The second-order valence-electron chi connectivity index (χ2n) is 6.08. The molecule has 1 fully saturated rings. The normalized spacial score (nSPS) is 19.0. The van der Waals surface area contributed by atoms with Gasteiger partial charge in [-0.15, -0.1) is 11.3 Å². The Bertz CT molecular complexity index is 878. The Balaban J connectivity index is 1.80. The Hall–Kier alpha value is -1.22. The van der Waals surface area contributed by atoms with Crippen LogP contribution in [0.2, 0.25) is 0 Å².